The van der Waals surface area contributed by atoms with Crippen LogP contribution < -0.4 is 4.74 Å². The van der Waals surface area contributed by atoms with Crippen molar-refractivity contribution < 1.29 is 14.3 Å². The lowest BCUT2D eigenvalue weighted by Crippen LogP contribution is -2.35. The van der Waals surface area contributed by atoms with Gasteiger partial charge in [0.05, 0.1) is 13.5 Å². The van der Waals surface area contributed by atoms with Gasteiger partial charge in [0.1, 0.15) is 5.75 Å². The number of Topliss-reactive ketones (excluding diaryl/α,β-unsaturated/α-hetero) is 1. The van der Waals surface area contributed by atoms with Crippen molar-refractivity contribution in [3.8, 4) is 5.75 Å². The van der Waals surface area contributed by atoms with E-state index < -0.39 is 0 Å². The molecule has 20 heavy (non-hydrogen) atoms. The van der Waals surface area contributed by atoms with Gasteiger partial charge in [-0.05, 0) is 38.5 Å². The Morgan fingerprint density at radius 3 is 2.50 bits per heavy atom. The van der Waals surface area contributed by atoms with Crippen molar-refractivity contribution in [1.29, 1.82) is 0 Å². The molecular weight excluding hydrogens is 254 g/mol. The molecular formula is C16H23NO3. The van der Waals surface area contributed by atoms with Gasteiger partial charge in [-0.2, -0.15) is 0 Å². The van der Waals surface area contributed by atoms with E-state index in [2.05, 4.69) is 0 Å². The molecule has 0 fully saturated rings. The Labute approximate surface area is 120 Å². The van der Waals surface area contributed by atoms with Gasteiger partial charge in [0.15, 0.2) is 5.78 Å². The fourth-order valence-corrected chi connectivity index (χ4v) is 1.94. The summed E-state index contributed by atoms with van der Waals surface area (Å²) in [6.07, 6.45) is 1.15. The fraction of sp³-hybridized carbons (Fsp3) is 0.500. The molecule has 1 atom stereocenters. The molecule has 0 radical (unpaired) electrons. The average Bonchev–Trinajstić information content (AvgIpc) is 2.45. The monoisotopic (exact) mass is 277 g/mol. The zero-order valence-corrected chi connectivity index (χ0v) is 12.9. The highest BCUT2D eigenvalue weighted by atomic mass is 16.5. The molecule has 0 heterocycles. The van der Waals surface area contributed by atoms with E-state index >= 15 is 0 Å². The lowest BCUT2D eigenvalue weighted by molar-refractivity contribution is -0.131. The lowest BCUT2D eigenvalue weighted by Gasteiger charge is -2.24. The molecule has 0 N–H and O–H groups in total. The third-order valence-corrected chi connectivity index (χ3v) is 3.67. The average molecular weight is 277 g/mol. The summed E-state index contributed by atoms with van der Waals surface area (Å²) in [5.74, 6) is 0.649. The van der Waals surface area contributed by atoms with Crippen LogP contribution in [0.4, 0.5) is 0 Å². The van der Waals surface area contributed by atoms with Crippen LogP contribution in [0.25, 0.3) is 0 Å². The molecule has 1 aromatic rings. The molecule has 1 rings (SSSR count). The van der Waals surface area contributed by atoms with Crippen molar-refractivity contribution in [2.24, 2.45) is 0 Å². The first-order valence-electron chi connectivity index (χ1n) is 6.84. The van der Waals surface area contributed by atoms with Crippen LogP contribution in [0, 0.1) is 0 Å². The second kappa shape index (κ2) is 7.08. The Morgan fingerprint density at radius 2 is 2.00 bits per heavy atom. The number of rotatable bonds is 6. The van der Waals surface area contributed by atoms with Crippen LogP contribution in [-0.2, 0) is 11.2 Å². The summed E-state index contributed by atoms with van der Waals surface area (Å²) in [5, 5.41) is 0. The Bertz CT molecular complexity index is 496. The van der Waals surface area contributed by atoms with E-state index in [1.165, 1.54) is 6.92 Å². The third-order valence-electron chi connectivity index (χ3n) is 3.67. The predicted molar refractivity (Wildman–Crippen MR) is 79.2 cm³/mol. The number of nitrogens with zero attached hydrogens (tertiary/aromatic N) is 1. The number of ketones is 1. The summed E-state index contributed by atoms with van der Waals surface area (Å²) < 4.78 is 5.27. The van der Waals surface area contributed by atoms with E-state index in [1.807, 2.05) is 13.8 Å². The quantitative estimate of drug-likeness (QED) is 0.751. The first-order valence-corrected chi connectivity index (χ1v) is 6.84. The summed E-state index contributed by atoms with van der Waals surface area (Å²) in [7, 11) is 3.37. The molecule has 1 amide bonds. The number of hydrogen-bond acceptors (Lipinski definition) is 3. The summed E-state index contributed by atoms with van der Waals surface area (Å²) in [6.45, 7) is 5.57. The van der Waals surface area contributed by atoms with E-state index in [0.717, 1.165) is 12.0 Å². The van der Waals surface area contributed by atoms with Gasteiger partial charge in [0.2, 0.25) is 5.91 Å². The number of likely N-dealkylation sites (N-methyl/N-ethyl adjacent to an activating group) is 1. The summed E-state index contributed by atoms with van der Waals surface area (Å²) >= 11 is 0. The maximum atomic E-state index is 12.2. The predicted octanol–water partition coefficient (Wildman–Crippen LogP) is 2.70. The number of benzene rings is 1. The molecule has 0 saturated carbocycles. The minimum absolute atomic E-state index is 0.0170. The summed E-state index contributed by atoms with van der Waals surface area (Å²) in [6, 6.07) is 5.39. The van der Waals surface area contributed by atoms with Crippen molar-refractivity contribution in [2.45, 2.75) is 39.7 Å². The summed E-state index contributed by atoms with van der Waals surface area (Å²) in [5.41, 5.74) is 1.35. The van der Waals surface area contributed by atoms with Crippen molar-refractivity contribution in [2.75, 3.05) is 14.2 Å². The molecule has 0 aliphatic rings. The molecule has 4 nitrogen and oxygen atoms in total. The molecule has 110 valence electrons. The number of methoxy groups -OCH3 is 1. The van der Waals surface area contributed by atoms with Crippen LogP contribution in [0.2, 0.25) is 0 Å². The van der Waals surface area contributed by atoms with E-state index in [-0.39, 0.29) is 24.2 Å². The number of amides is 1. The molecule has 4 heteroatoms. The van der Waals surface area contributed by atoms with Crippen molar-refractivity contribution >= 4 is 11.7 Å². The number of ether oxygens (including phenoxy) is 1. The minimum atomic E-state index is -0.0170. The van der Waals surface area contributed by atoms with E-state index in [0.29, 0.717) is 11.3 Å². The lowest BCUT2D eigenvalue weighted by atomic mass is 10.0. The number of hydrogen-bond donors (Lipinski definition) is 0. The zero-order valence-electron chi connectivity index (χ0n) is 12.9. The molecule has 1 unspecified atom stereocenters. The van der Waals surface area contributed by atoms with E-state index in [1.54, 1.807) is 37.3 Å². The van der Waals surface area contributed by atoms with E-state index in [4.69, 9.17) is 4.74 Å². The van der Waals surface area contributed by atoms with Crippen LogP contribution in [0.3, 0.4) is 0 Å². The summed E-state index contributed by atoms with van der Waals surface area (Å²) in [4.78, 5) is 25.4. The van der Waals surface area contributed by atoms with Crippen LogP contribution in [0.15, 0.2) is 18.2 Å². The van der Waals surface area contributed by atoms with Gasteiger partial charge in [-0.1, -0.05) is 6.92 Å². The van der Waals surface area contributed by atoms with Crippen molar-refractivity contribution in [1.82, 2.24) is 4.90 Å². The highest BCUT2D eigenvalue weighted by Gasteiger charge is 2.17. The second-order valence-electron chi connectivity index (χ2n) is 5.02. The molecule has 0 bridgehead atoms. The van der Waals surface area contributed by atoms with Crippen molar-refractivity contribution in [3.05, 3.63) is 29.3 Å². The molecule has 0 aliphatic heterocycles. The first-order chi connectivity index (χ1) is 9.40. The Morgan fingerprint density at radius 1 is 1.35 bits per heavy atom. The normalized spacial score (nSPS) is 11.8. The molecule has 0 aliphatic carbocycles. The maximum absolute atomic E-state index is 12.2. The van der Waals surface area contributed by atoms with Crippen LogP contribution in [0.5, 0.6) is 5.75 Å². The topological polar surface area (TPSA) is 46.6 Å². The number of carbonyl (C=O) groups excluding carboxylic acids is 2. The zero-order chi connectivity index (χ0) is 15.3. The SMILES string of the molecule is CCC(C)N(C)C(=O)Cc1cc(C(C)=O)ccc1OC. The van der Waals surface area contributed by atoms with Gasteiger partial charge >= 0.3 is 0 Å². The standard InChI is InChI=1S/C16H23NO3/c1-6-11(2)17(4)16(19)10-14-9-13(12(3)18)7-8-15(14)20-5/h7-9,11H,6,10H2,1-5H3. The maximum Gasteiger partial charge on any atom is 0.227 e. The second-order valence-corrected chi connectivity index (χ2v) is 5.02. The molecule has 1 aromatic carbocycles. The Balaban J connectivity index is 2.98. The van der Waals surface area contributed by atoms with Gasteiger partial charge in [-0.15, -0.1) is 0 Å². The fourth-order valence-electron chi connectivity index (χ4n) is 1.94. The van der Waals surface area contributed by atoms with Gasteiger partial charge in [-0.25, -0.2) is 0 Å². The van der Waals surface area contributed by atoms with Gasteiger partial charge in [0, 0.05) is 24.2 Å². The Kier molecular flexibility index (Phi) is 5.74. The van der Waals surface area contributed by atoms with Gasteiger partial charge in [0.25, 0.3) is 0 Å². The minimum Gasteiger partial charge on any atom is -0.496 e. The van der Waals surface area contributed by atoms with E-state index in [9.17, 15) is 9.59 Å². The smallest absolute Gasteiger partial charge is 0.227 e. The third kappa shape index (κ3) is 3.83. The highest BCUT2D eigenvalue weighted by molar-refractivity contribution is 5.94. The van der Waals surface area contributed by atoms with Crippen LogP contribution in [-0.4, -0.2) is 36.8 Å². The van der Waals surface area contributed by atoms with Gasteiger partial charge in [-0.3, -0.25) is 9.59 Å². The molecule has 0 spiro atoms. The first kappa shape index (κ1) is 16.2. The highest BCUT2D eigenvalue weighted by Crippen LogP contribution is 2.21. The van der Waals surface area contributed by atoms with Crippen LogP contribution in [0.1, 0.15) is 43.1 Å². The molecule has 0 saturated heterocycles. The Hall–Kier alpha value is -1.84. The van der Waals surface area contributed by atoms with Crippen LogP contribution >= 0.6 is 0 Å². The largest absolute Gasteiger partial charge is 0.496 e. The van der Waals surface area contributed by atoms with Gasteiger partial charge < -0.3 is 9.64 Å². The van der Waals surface area contributed by atoms with Crippen molar-refractivity contribution in [3.63, 3.8) is 0 Å². The number of carbonyl (C=O) groups is 2. The molecule has 0 aromatic heterocycles.